The standard InChI is InChI=1S/C17H22N3O4PS/c1-19-11-13-20(14-12-19)25(21,16-5-3-2-4-6-16)24-15-7-9-17(10-8-15)26(18,22)23/h2-10H,11-14H2,1H3,(H2,18,22,23). The van der Waals surface area contributed by atoms with Gasteiger partial charge < -0.3 is 9.42 Å². The molecular weight excluding hydrogens is 373 g/mol. The van der Waals surface area contributed by atoms with Gasteiger partial charge in [-0.25, -0.2) is 18.2 Å². The molecular formula is C17H22N3O4PS. The number of nitrogens with zero attached hydrogens (tertiary/aromatic N) is 2. The first-order valence-corrected chi connectivity index (χ1v) is 11.3. The van der Waals surface area contributed by atoms with E-state index in [2.05, 4.69) is 4.90 Å². The third-order valence-corrected chi connectivity index (χ3v) is 7.80. The van der Waals surface area contributed by atoms with Gasteiger partial charge in [0, 0.05) is 26.2 Å². The molecule has 7 nitrogen and oxygen atoms in total. The molecule has 1 heterocycles. The van der Waals surface area contributed by atoms with Crippen molar-refractivity contribution in [2.45, 2.75) is 4.90 Å². The van der Waals surface area contributed by atoms with Crippen molar-refractivity contribution in [2.24, 2.45) is 5.14 Å². The van der Waals surface area contributed by atoms with Gasteiger partial charge in [0.1, 0.15) is 5.75 Å². The predicted molar refractivity (Wildman–Crippen MR) is 101 cm³/mol. The maximum atomic E-state index is 13.9. The number of hydrogen-bond donors (Lipinski definition) is 1. The summed E-state index contributed by atoms with van der Waals surface area (Å²) >= 11 is 0. The second-order valence-electron chi connectivity index (χ2n) is 6.22. The largest absolute Gasteiger partial charge is 0.429 e. The van der Waals surface area contributed by atoms with Gasteiger partial charge in [0.25, 0.3) is 0 Å². The van der Waals surface area contributed by atoms with Crippen LogP contribution in [0.15, 0.2) is 59.5 Å². The SMILES string of the molecule is CN1CCN(P(=O)(Oc2ccc(S(N)(=O)=O)cc2)c2ccccc2)CC1. The zero-order valence-electron chi connectivity index (χ0n) is 14.5. The molecule has 140 valence electrons. The molecule has 2 aromatic rings. The van der Waals surface area contributed by atoms with Gasteiger partial charge in [-0.05, 0) is 43.4 Å². The summed E-state index contributed by atoms with van der Waals surface area (Å²) in [7, 11) is -5.08. The lowest BCUT2D eigenvalue weighted by Gasteiger charge is -2.37. The van der Waals surface area contributed by atoms with Crippen molar-refractivity contribution >= 4 is 22.8 Å². The third kappa shape index (κ3) is 4.16. The highest BCUT2D eigenvalue weighted by molar-refractivity contribution is 7.89. The second kappa shape index (κ2) is 7.50. The van der Waals surface area contributed by atoms with Crippen LogP contribution in [0.4, 0.5) is 0 Å². The normalized spacial score (nSPS) is 19.0. The Kier molecular flexibility index (Phi) is 5.50. The van der Waals surface area contributed by atoms with Crippen molar-refractivity contribution in [2.75, 3.05) is 33.2 Å². The van der Waals surface area contributed by atoms with E-state index < -0.39 is 17.5 Å². The molecule has 1 atom stereocenters. The van der Waals surface area contributed by atoms with Crippen LogP contribution < -0.4 is 15.0 Å². The fourth-order valence-electron chi connectivity index (χ4n) is 2.78. The molecule has 9 heteroatoms. The fourth-order valence-corrected chi connectivity index (χ4v) is 5.51. The number of piperazine rings is 1. The zero-order chi connectivity index (χ0) is 18.8. The average Bonchev–Trinajstić information content (AvgIpc) is 2.62. The Labute approximate surface area is 153 Å². The Morgan fingerprint density at radius 3 is 2.08 bits per heavy atom. The molecule has 26 heavy (non-hydrogen) atoms. The molecule has 2 N–H and O–H groups in total. The number of likely N-dealkylation sites (N-methyl/N-ethyl adjacent to an activating group) is 1. The lowest BCUT2D eigenvalue weighted by atomic mass is 10.3. The van der Waals surface area contributed by atoms with E-state index >= 15 is 0 Å². The minimum Gasteiger partial charge on any atom is -0.429 e. The van der Waals surface area contributed by atoms with Gasteiger partial charge in [0.05, 0.1) is 10.2 Å². The summed E-state index contributed by atoms with van der Waals surface area (Å²) in [4.78, 5) is 2.16. The first-order valence-electron chi connectivity index (χ1n) is 8.21. The number of nitrogens with two attached hydrogens (primary N) is 1. The van der Waals surface area contributed by atoms with E-state index in [4.69, 9.17) is 9.66 Å². The van der Waals surface area contributed by atoms with Gasteiger partial charge in [-0.3, -0.25) is 4.57 Å². The van der Waals surface area contributed by atoms with E-state index in [1.165, 1.54) is 24.3 Å². The maximum absolute atomic E-state index is 13.9. The Hall–Kier alpha value is -1.70. The summed E-state index contributed by atoms with van der Waals surface area (Å²) < 4.78 is 44.5. The first kappa shape index (κ1) is 19.1. The molecule has 0 saturated carbocycles. The lowest BCUT2D eigenvalue weighted by molar-refractivity contribution is 0.211. The molecule has 0 bridgehead atoms. The van der Waals surface area contributed by atoms with Crippen LogP contribution >= 0.6 is 7.52 Å². The zero-order valence-corrected chi connectivity index (χ0v) is 16.2. The number of rotatable bonds is 5. The minimum atomic E-state index is -3.78. The number of benzene rings is 2. The number of sulfonamides is 1. The summed E-state index contributed by atoms with van der Waals surface area (Å²) in [6.07, 6.45) is 0. The summed E-state index contributed by atoms with van der Waals surface area (Å²) in [5, 5.41) is 5.73. The van der Waals surface area contributed by atoms with Gasteiger partial charge >= 0.3 is 7.52 Å². The Balaban J connectivity index is 1.93. The monoisotopic (exact) mass is 395 g/mol. The molecule has 2 aromatic carbocycles. The van der Waals surface area contributed by atoms with Crippen molar-refractivity contribution in [1.82, 2.24) is 9.57 Å². The van der Waals surface area contributed by atoms with E-state index in [9.17, 15) is 13.0 Å². The summed E-state index contributed by atoms with van der Waals surface area (Å²) in [6, 6.07) is 14.7. The van der Waals surface area contributed by atoms with Crippen molar-refractivity contribution in [3.05, 3.63) is 54.6 Å². The van der Waals surface area contributed by atoms with Gasteiger partial charge in [-0.1, -0.05) is 18.2 Å². The quantitative estimate of drug-likeness (QED) is 0.771. The lowest BCUT2D eigenvalue weighted by Crippen LogP contribution is -2.45. The molecule has 0 amide bonds. The first-order chi connectivity index (χ1) is 12.3. The molecule has 0 radical (unpaired) electrons. The van der Waals surface area contributed by atoms with Crippen LogP contribution in [0.2, 0.25) is 0 Å². The molecule has 1 unspecified atom stereocenters. The van der Waals surface area contributed by atoms with Crippen LogP contribution in [0.25, 0.3) is 0 Å². The molecule has 1 aliphatic rings. The van der Waals surface area contributed by atoms with E-state index in [0.29, 0.717) is 24.1 Å². The maximum Gasteiger partial charge on any atom is 0.349 e. The van der Waals surface area contributed by atoms with Gasteiger partial charge in [-0.15, -0.1) is 0 Å². The van der Waals surface area contributed by atoms with Crippen LogP contribution in [0.1, 0.15) is 0 Å². The van der Waals surface area contributed by atoms with Crippen LogP contribution in [0.3, 0.4) is 0 Å². The Bertz CT molecular complexity index is 895. The minimum absolute atomic E-state index is 0.0148. The summed E-state index contributed by atoms with van der Waals surface area (Å²) in [6.45, 7) is 2.84. The van der Waals surface area contributed by atoms with E-state index in [1.807, 2.05) is 29.9 Å². The van der Waals surface area contributed by atoms with Gasteiger partial charge in [0.15, 0.2) is 0 Å². The summed E-state index contributed by atoms with van der Waals surface area (Å²) in [5.41, 5.74) is 0. The van der Waals surface area contributed by atoms with Gasteiger partial charge in [0.2, 0.25) is 10.0 Å². The second-order valence-corrected chi connectivity index (χ2v) is 10.1. The molecule has 0 aromatic heterocycles. The third-order valence-electron chi connectivity index (χ3n) is 4.32. The predicted octanol–water partition coefficient (Wildman–Crippen LogP) is 1.48. The van der Waals surface area contributed by atoms with Crippen molar-refractivity contribution in [3.63, 3.8) is 0 Å². The molecule has 0 spiro atoms. The highest BCUT2D eigenvalue weighted by atomic mass is 32.2. The fraction of sp³-hybridized carbons (Fsp3) is 0.294. The molecule has 1 aliphatic heterocycles. The van der Waals surface area contributed by atoms with Crippen molar-refractivity contribution < 1.29 is 17.5 Å². The number of primary sulfonamides is 1. The van der Waals surface area contributed by atoms with E-state index in [-0.39, 0.29) is 4.90 Å². The van der Waals surface area contributed by atoms with Gasteiger partial charge in [-0.2, -0.15) is 0 Å². The molecule has 1 saturated heterocycles. The Morgan fingerprint density at radius 1 is 0.962 bits per heavy atom. The molecule has 1 fully saturated rings. The summed E-state index contributed by atoms with van der Waals surface area (Å²) in [5.74, 6) is 0.337. The smallest absolute Gasteiger partial charge is 0.349 e. The van der Waals surface area contributed by atoms with E-state index in [1.54, 1.807) is 12.1 Å². The van der Waals surface area contributed by atoms with Crippen LogP contribution in [0, 0.1) is 0 Å². The van der Waals surface area contributed by atoms with E-state index in [0.717, 1.165) is 13.1 Å². The van der Waals surface area contributed by atoms with Crippen molar-refractivity contribution in [3.8, 4) is 5.75 Å². The Morgan fingerprint density at radius 2 is 1.54 bits per heavy atom. The van der Waals surface area contributed by atoms with Crippen LogP contribution in [0.5, 0.6) is 5.75 Å². The highest BCUT2D eigenvalue weighted by Crippen LogP contribution is 2.50. The van der Waals surface area contributed by atoms with Crippen LogP contribution in [-0.2, 0) is 14.6 Å². The topological polar surface area (TPSA) is 92.9 Å². The highest BCUT2D eigenvalue weighted by Gasteiger charge is 2.37. The molecule has 3 rings (SSSR count). The van der Waals surface area contributed by atoms with Crippen molar-refractivity contribution in [1.29, 1.82) is 0 Å². The van der Waals surface area contributed by atoms with Crippen LogP contribution in [-0.4, -0.2) is 51.2 Å². The average molecular weight is 395 g/mol. The molecule has 0 aliphatic carbocycles. The number of hydrogen-bond acceptors (Lipinski definition) is 5.